The van der Waals surface area contributed by atoms with Crippen LogP contribution < -0.4 is 4.90 Å². The second-order valence-corrected chi connectivity index (χ2v) is 5.41. The monoisotopic (exact) mass is 257 g/mol. The highest BCUT2D eigenvalue weighted by atomic mass is 32.3. The molecule has 0 unspecified atom stereocenters. The van der Waals surface area contributed by atoms with Crippen molar-refractivity contribution in [1.82, 2.24) is 0 Å². The van der Waals surface area contributed by atoms with Gasteiger partial charge < -0.3 is 4.90 Å². The Morgan fingerprint density at radius 3 is 2.71 bits per heavy atom. The maximum Gasteiger partial charge on any atom is 0.304 e. The third-order valence-electron chi connectivity index (χ3n) is 2.76. The number of carbonyl (C=O) groups is 1. The molecular formula is C11H12FNO3S. The van der Waals surface area contributed by atoms with E-state index in [0.29, 0.717) is 24.2 Å². The van der Waals surface area contributed by atoms with Gasteiger partial charge in [0.25, 0.3) is 0 Å². The zero-order valence-corrected chi connectivity index (χ0v) is 9.91. The third-order valence-corrected chi connectivity index (χ3v) is 3.43. The van der Waals surface area contributed by atoms with Crippen molar-refractivity contribution >= 4 is 21.7 Å². The minimum atomic E-state index is -4.47. The number of hydrogen-bond acceptors (Lipinski definition) is 4. The number of anilines is 1. The average molecular weight is 257 g/mol. The summed E-state index contributed by atoms with van der Waals surface area (Å²) in [7, 11) is -4.47. The van der Waals surface area contributed by atoms with Crippen LogP contribution in [-0.2, 0) is 10.2 Å². The maximum absolute atomic E-state index is 12.5. The molecule has 0 N–H and O–H groups in total. The predicted molar refractivity (Wildman–Crippen MR) is 62.5 cm³/mol. The van der Waals surface area contributed by atoms with Crippen molar-refractivity contribution in [3.05, 3.63) is 29.8 Å². The van der Waals surface area contributed by atoms with Crippen molar-refractivity contribution < 1.29 is 17.1 Å². The molecule has 1 heterocycles. The summed E-state index contributed by atoms with van der Waals surface area (Å²) in [5.41, 5.74) is 1.27. The average Bonchev–Trinajstić information content (AvgIpc) is 2.27. The molecule has 2 rings (SSSR count). The fourth-order valence-corrected chi connectivity index (χ4v) is 2.37. The highest BCUT2D eigenvalue weighted by molar-refractivity contribution is 7.86. The van der Waals surface area contributed by atoms with E-state index in [1.165, 1.54) is 0 Å². The smallest absolute Gasteiger partial charge is 0.304 e. The quantitative estimate of drug-likeness (QED) is 0.768. The van der Waals surface area contributed by atoms with E-state index in [9.17, 15) is 17.1 Å². The van der Waals surface area contributed by atoms with Crippen LogP contribution in [0.15, 0.2) is 24.3 Å². The standard InChI is InChI=1S/C11H12FNO3S/c12-17(15,16)8-7-13-6-5-11(14)9-3-1-2-4-10(9)13/h1-4H,5-8H2. The zero-order chi connectivity index (χ0) is 12.5. The Bertz CT molecular complexity index is 541. The SMILES string of the molecule is O=C1CCN(CCS(=O)(=O)F)c2ccccc21. The van der Waals surface area contributed by atoms with Gasteiger partial charge in [0.15, 0.2) is 5.78 Å². The van der Waals surface area contributed by atoms with E-state index >= 15 is 0 Å². The molecule has 0 atom stereocenters. The normalized spacial score (nSPS) is 15.8. The number of Topliss-reactive ketones (excluding diaryl/α,β-unsaturated/α-hetero) is 1. The van der Waals surface area contributed by atoms with Crippen LogP contribution in [0.2, 0.25) is 0 Å². The van der Waals surface area contributed by atoms with Crippen LogP contribution in [0.25, 0.3) is 0 Å². The summed E-state index contributed by atoms with van der Waals surface area (Å²) in [5.74, 6) is -0.504. The van der Waals surface area contributed by atoms with Gasteiger partial charge in [0.2, 0.25) is 0 Å². The van der Waals surface area contributed by atoms with Gasteiger partial charge in [-0.2, -0.15) is 8.42 Å². The number of nitrogens with zero attached hydrogens (tertiary/aromatic N) is 1. The molecule has 0 aliphatic carbocycles. The molecule has 0 fully saturated rings. The van der Waals surface area contributed by atoms with Gasteiger partial charge in [-0.3, -0.25) is 4.79 Å². The maximum atomic E-state index is 12.5. The summed E-state index contributed by atoms with van der Waals surface area (Å²) in [5, 5.41) is 0. The van der Waals surface area contributed by atoms with Crippen LogP contribution in [0.1, 0.15) is 16.8 Å². The van der Waals surface area contributed by atoms with Crippen LogP contribution in [0, 0.1) is 0 Å². The lowest BCUT2D eigenvalue weighted by Gasteiger charge is -2.29. The highest BCUT2D eigenvalue weighted by Gasteiger charge is 2.23. The third kappa shape index (κ3) is 2.82. The number of benzene rings is 1. The minimum absolute atomic E-state index is 0.0416. The van der Waals surface area contributed by atoms with Crippen LogP contribution in [0.3, 0.4) is 0 Å². The first kappa shape index (κ1) is 12.0. The van der Waals surface area contributed by atoms with Gasteiger partial charge in [-0.05, 0) is 12.1 Å². The molecule has 0 saturated carbocycles. The number of rotatable bonds is 3. The molecule has 0 spiro atoms. The number of hydrogen-bond donors (Lipinski definition) is 0. The van der Waals surface area contributed by atoms with Crippen molar-refractivity contribution in [3.8, 4) is 0 Å². The molecule has 0 aromatic heterocycles. The summed E-state index contributed by atoms with van der Waals surface area (Å²) < 4.78 is 33.5. The van der Waals surface area contributed by atoms with E-state index in [2.05, 4.69) is 0 Å². The molecule has 6 heteroatoms. The molecule has 0 amide bonds. The Labute approximate surface area is 99.3 Å². The van der Waals surface area contributed by atoms with Gasteiger partial charge in [-0.1, -0.05) is 12.1 Å². The summed E-state index contributed by atoms with van der Waals surface area (Å²) in [6.45, 7) is 0.508. The lowest BCUT2D eigenvalue weighted by Crippen LogP contribution is -2.35. The highest BCUT2D eigenvalue weighted by Crippen LogP contribution is 2.26. The first-order valence-electron chi connectivity index (χ1n) is 5.27. The van der Waals surface area contributed by atoms with Crippen molar-refractivity contribution in [1.29, 1.82) is 0 Å². The van der Waals surface area contributed by atoms with Gasteiger partial charge in [-0.15, -0.1) is 3.89 Å². The number of fused-ring (bicyclic) bond motifs is 1. The van der Waals surface area contributed by atoms with E-state index in [-0.39, 0.29) is 12.3 Å². The lowest BCUT2D eigenvalue weighted by molar-refractivity contribution is 0.0980. The summed E-state index contributed by atoms with van der Waals surface area (Å²) in [6.07, 6.45) is 0.337. The fourth-order valence-electron chi connectivity index (χ4n) is 1.93. The first-order chi connectivity index (χ1) is 7.97. The van der Waals surface area contributed by atoms with Crippen LogP contribution in [0.4, 0.5) is 9.57 Å². The van der Waals surface area contributed by atoms with Crippen LogP contribution >= 0.6 is 0 Å². The van der Waals surface area contributed by atoms with Crippen molar-refractivity contribution in [2.45, 2.75) is 6.42 Å². The Morgan fingerprint density at radius 2 is 2.00 bits per heavy atom. The van der Waals surface area contributed by atoms with E-state index in [0.717, 1.165) is 0 Å². The lowest BCUT2D eigenvalue weighted by atomic mass is 10.0. The topological polar surface area (TPSA) is 54.5 Å². The second-order valence-electron chi connectivity index (χ2n) is 3.92. The number of ketones is 1. The Kier molecular flexibility index (Phi) is 3.15. The number of halogens is 1. The Morgan fingerprint density at radius 1 is 1.29 bits per heavy atom. The van der Waals surface area contributed by atoms with Gasteiger partial charge in [-0.25, -0.2) is 0 Å². The Hall–Kier alpha value is -1.43. The van der Waals surface area contributed by atoms with Gasteiger partial charge >= 0.3 is 10.2 Å². The predicted octanol–water partition coefficient (Wildman–Crippen LogP) is 1.38. The largest absolute Gasteiger partial charge is 0.369 e. The molecule has 1 aromatic rings. The number of para-hydroxylation sites is 1. The van der Waals surface area contributed by atoms with Crippen LogP contribution in [0.5, 0.6) is 0 Å². The molecule has 92 valence electrons. The fraction of sp³-hybridized carbons (Fsp3) is 0.364. The molecule has 1 aromatic carbocycles. The molecule has 1 aliphatic heterocycles. The molecule has 0 bridgehead atoms. The summed E-state index contributed by atoms with van der Waals surface area (Å²) in [4.78, 5) is 13.3. The molecule has 17 heavy (non-hydrogen) atoms. The van der Waals surface area contributed by atoms with Gasteiger partial charge in [0, 0.05) is 30.8 Å². The van der Waals surface area contributed by atoms with E-state index in [1.807, 2.05) is 0 Å². The van der Waals surface area contributed by atoms with Crippen molar-refractivity contribution in [2.24, 2.45) is 0 Å². The molecule has 0 saturated heterocycles. The zero-order valence-electron chi connectivity index (χ0n) is 9.10. The van der Waals surface area contributed by atoms with E-state index in [1.54, 1.807) is 29.2 Å². The van der Waals surface area contributed by atoms with E-state index in [4.69, 9.17) is 0 Å². The molecule has 1 aliphatic rings. The minimum Gasteiger partial charge on any atom is -0.369 e. The molecule has 4 nitrogen and oxygen atoms in total. The summed E-state index contributed by atoms with van der Waals surface area (Å²) >= 11 is 0. The van der Waals surface area contributed by atoms with Gasteiger partial charge in [0.1, 0.15) is 0 Å². The van der Waals surface area contributed by atoms with Crippen LogP contribution in [-0.4, -0.2) is 33.0 Å². The molecule has 0 radical (unpaired) electrons. The van der Waals surface area contributed by atoms with Crippen molar-refractivity contribution in [2.75, 3.05) is 23.7 Å². The van der Waals surface area contributed by atoms with Crippen molar-refractivity contribution in [3.63, 3.8) is 0 Å². The first-order valence-corrected chi connectivity index (χ1v) is 6.82. The second kappa shape index (κ2) is 4.44. The Balaban J connectivity index is 2.22. The molecular weight excluding hydrogens is 245 g/mol. The summed E-state index contributed by atoms with van der Waals surface area (Å²) in [6, 6.07) is 6.98. The van der Waals surface area contributed by atoms with Gasteiger partial charge in [0.05, 0.1) is 5.75 Å². The number of carbonyl (C=O) groups excluding carboxylic acids is 1. The van der Waals surface area contributed by atoms with E-state index < -0.39 is 16.0 Å².